The van der Waals surface area contributed by atoms with E-state index in [1.165, 1.54) is 0 Å². The van der Waals surface area contributed by atoms with Crippen LogP contribution in [-0.4, -0.2) is 29.2 Å². The van der Waals surface area contributed by atoms with Gasteiger partial charge in [0, 0.05) is 12.3 Å². The fraction of sp³-hybridized carbons (Fsp3) is 0.438. The first-order valence-corrected chi connectivity index (χ1v) is 8.49. The number of thiazole rings is 1. The standard InChI is InChI=1S/C16H18ClNO3S/c1-3-21-16(20)8-12(6-13(19)9-17)11-4-5-15-14(7-11)18-10(2)22-15/h4-5,7,12H,3,6,8-9H2,1-2H3. The summed E-state index contributed by atoms with van der Waals surface area (Å²) < 4.78 is 6.10. The minimum atomic E-state index is -0.301. The molecule has 2 rings (SSSR count). The number of aryl methyl sites for hydroxylation is 1. The lowest BCUT2D eigenvalue weighted by Gasteiger charge is -2.15. The highest BCUT2D eigenvalue weighted by atomic mass is 35.5. The average molecular weight is 340 g/mol. The summed E-state index contributed by atoms with van der Waals surface area (Å²) in [5, 5.41) is 0.992. The van der Waals surface area contributed by atoms with Crippen LogP contribution in [0.4, 0.5) is 0 Å². The number of hydrogen-bond donors (Lipinski definition) is 0. The quantitative estimate of drug-likeness (QED) is 0.568. The van der Waals surface area contributed by atoms with Crippen molar-refractivity contribution < 1.29 is 14.3 Å². The molecule has 0 aliphatic carbocycles. The minimum absolute atomic E-state index is 0.0443. The van der Waals surface area contributed by atoms with Crippen molar-refractivity contribution in [2.45, 2.75) is 32.6 Å². The summed E-state index contributed by atoms with van der Waals surface area (Å²) in [4.78, 5) is 28.0. The number of nitrogens with zero attached hydrogens (tertiary/aromatic N) is 1. The number of ketones is 1. The molecule has 0 bridgehead atoms. The molecule has 0 spiro atoms. The molecule has 118 valence electrons. The molecule has 0 aliphatic heterocycles. The third kappa shape index (κ3) is 4.27. The molecule has 1 unspecified atom stereocenters. The first-order chi connectivity index (χ1) is 10.5. The van der Waals surface area contributed by atoms with E-state index in [0.717, 1.165) is 20.8 Å². The number of carbonyl (C=O) groups is 2. The Morgan fingerprint density at radius 1 is 1.36 bits per heavy atom. The largest absolute Gasteiger partial charge is 0.466 e. The highest BCUT2D eigenvalue weighted by Crippen LogP contribution is 2.29. The molecular formula is C16H18ClNO3S. The maximum atomic E-state index is 11.8. The van der Waals surface area contributed by atoms with Gasteiger partial charge in [0.1, 0.15) is 5.78 Å². The van der Waals surface area contributed by atoms with E-state index in [1.807, 2.05) is 25.1 Å². The zero-order chi connectivity index (χ0) is 16.1. The Balaban J connectivity index is 2.27. The highest BCUT2D eigenvalue weighted by Gasteiger charge is 2.20. The van der Waals surface area contributed by atoms with Crippen LogP contribution in [-0.2, 0) is 14.3 Å². The summed E-state index contributed by atoms with van der Waals surface area (Å²) >= 11 is 7.23. The van der Waals surface area contributed by atoms with Gasteiger partial charge in [-0.05, 0) is 31.5 Å². The third-order valence-electron chi connectivity index (χ3n) is 3.33. The number of benzene rings is 1. The summed E-state index contributed by atoms with van der Waals surface area (Å²) in [7, 11) is 0. The van der Waals surface area contributed by atoms with Gasteiger partial charge in [0.25, 0.3) is 0 Å². The smallest absolute Gasteiger partial charge is 0.306 e. The van der Waals surface area contributed by atoms with Gasteiger partial charge in [-0.2, -0.15) is 0 Å². The first-order valence-electron chi connectivity index (χ1n) is 7.13. The molecule has 0 N–H and O–H groups in total. The fourth-order valence-corrected chi connectivity index (χ4v) is 3.29. The maximum absolute atomic E-state index is 11.8. The monoisotopic (exact) mass is 339 g/mol. The Kier molecular flexibility index (Phi) is 5.91. The summed E-state index contributed by atoms with van der Waals surface area (Å²) in [5.41, 5.74) is 1.82. The second-order valence-corrected chi connectivity index (χ2v) is 6.54. The van der Waals surface area contributed by atoms with Crippen molar-refractivity contribution in [2.24, 2.45) is 0 Å². The Morgan fingerprint density at radius 3 is 2.82 bits per heavy atom. The van der Waals surface area contributed by atoms with E-state index in [9.17, 15) is 9.59 Å². The van der Waals surface area contributed by atoms with Crippen molar-refractivity contribution in [3.63, 3.8) is 0 Å². The fourth-order valence-electron chi connectivity index (χ4n) is 2.37. The molecule has 0 saturated heterocycles. The van der Waals surface area contributed by atoms with Crippen molar-refractivity contribution in [3.8, 4) is 0 Å². The Labute approximate surface area is 138 Å². The van der Waals surface area contributed by atoms with Crippen molar-refractivity contribution in [1.82, 2.24) is 4.98 Å². The van der Waals surface area contributed by atoms with E-state index in [-0.39, 0.29) is 36.4 Å². The summed E-state index contributed by atoms with van der Waals surface area (Å²) in [6, 6.07) is 5.88. The topological polar surface area (TPSA) is 56.3 Å². The van der Waals surface area contributed by atoms with Crippen LogP contribution in [0.15, 0.2) is 18.2 Å². The predicted molar refractivity (Wildman–Crippen MR) is 88.7 cm³/mol. The number of alkyl halides is 1. The summed E-state index contributed by atoms with van der Waals surface area (Å²) in [6.07, 6.45) is 0.405. The van der Waals surface area contributed by atoms with Crippen molar-refractivity contribution >= 4 is 44.9 Å². The molecule has 1 aromatic heterocycles. The molecule has 0 radical (unpaired) electrons. The summed E-state index contributed by atoms with van der Waals surface area (Å²) in [5.74, 6) is -0.649. The van der Waals surface area contributed by atoms with Crippen molar-refractivity contribution in [3.05, 3.63) is 28.8 Å². The molecule has 0 saturated carbocycles. The number of aromatic nitrogens is 1. The van der Waals surface area contributed by atoms with Gasteiger partial charge in [-0.15, -0.1) is 22.9 Å². The number of Topliss-reactive ketones (excluding diaryl/α,β-unsaturated/α-hetero) is 1. The van der Waals surface area contributed by atoms with Crippen molar-refractivity contribution in [2.75, 3.05) is 12.5 Å². The van der Waals surface area contributed by atoms with E-state index in [0.29, 0.717) is 6.61 Å². The van der Waals surface area contributed by atoms with Gasteiger partial charge in [0.15, 0.2) is 0 Å². The van der Waals surface area contributed by atoms with E-state index in [4.69, 9.17) is 16.3 Å². The molecule has 0 aliphatic rings. The van der Waals surface area contributed by atoms with E-state index < -0.39 is 0 Å². The minimum Gasteiger partial charge on any atom is -0.466 e. The molecule has 1 heterocycles. The van der Waals surface area contributed by atoms with Crippen LogP contribution in [0.5, 0.6) is 0 Å². The zero-order valence-corrected chi connectivity index (χ0v) is 14.2. The second-order valence-electron chi connectivity index (χ2n) is 5.04. The van der Waals surface area contributed by atoms with Gasteiger partial charge in [-0.1, -0.05) is 6.07 Å². The molecule has 2 aromatic rings. The lowest BCUT2D eigenvalue weighted by Crippen LogP contribution is -2.14. The highest BCUT2D eigenvalue weighted by molar-refractivity contribution is 7.18. The summed E-state index contributed by atoms with van der Waals surface area (Å²) in [6.45, 7) is 4.05. The lowest BCUT2D eigenvalue weighted by molar-refractivity contribution is -0.143. The zero-order valence-electron chi connectivity index (χ0n) is 12.6. The number of halogens is 1. The third-order valence-corrected chi connectivity index (χ3v) is 4.58. The van der Waals surface area contributed by atoms with Gasteiger partial charge in [0.05, 0.1) is 34.1 Å². The molecular weight excluding hydrogens is 322 g/mol. The average Bonchev–Trinajstić information content (AvgIpc) is 2.85. The number of rotatable bonds is 7. The van der Waals surface area contributed by atoms with Crippen LogP contribution in [0, 0.1) is 6.92 Å². The van der Waals surface area contributed by atoms with Gasteiger partial charge >= 0.3 is 5.97 Å². The molecule has 22 heavy (non-hydrogen) atoms. The number of ether oxygens (including phenoxy) is 1. The maximum Gasteiger partial charge on any atom is 0.306 e. The molecule has 0 amide bonds. The van der Waals surface area contributed by atoms with Gasteiger partial charge in [0.2, 0.25) is 0 Å². The molecule has 0 fully saturated rings. The van der Waals surface area contributed by atoms with Crippen LogP contribution in [0.2, 0.25) is 0 Å². The van der Waals surface area contributed by atoms with Gasteiger partial charge in [-0.25, -0.2) is 4.98 Å². The SMILES string of the molecule is CCOC(=O)CC(CC(=O)CCl)c1ccc2sc(C)nc2c1. The molecule has 6 heteroatoms. The number of fused-ring (bicyclic) bond motifs is 1. The van der Waals surface area contributed by atoms with E-state index in [2.05, 4.69) is 4.98 Å². The molecule has 1 aromatic carbocycles. The normalized spacial score (nSPS) is 12.3. The molecule has 1 atom stereocenters. The predicted octanol–water partition coefficient (Wildman–Crippen LogP) is 3.84. The van der Waals surface area contributed by atoms with Crippen LogP contribution in [0.25, 0.3) is 10.2 Å². The van der Waals surface area contributed by atoms with E-state index >= 15 is 0 Å². The van der Waals surface area contributed by atoms with E-state index in [1.54, 1.807) is 18.3 Å². The van der Waals surface area contributed by atoms with Crippen LogP contribution in [0.3, 0.4) is 0 Å². The molecule has 4 nitrogen and oxygen atoms in total. The second kappa shape index (κ2) is 7.70. The van der Waals surface area contributed by atoms with Crippen LogP contribution < -0.4 is 0 Å². The van der Waals surface area contributed by atoms with Gasteiger partial charge in [-0.3, -0.25) is 9.59 Å². The van der Waals surface area contributed by atoms with Crippen molar-refractivity contribution in [1.29, 1.82) is 0 Å². The van der Waals surface area contributed by atoms with Gasteiger partial charge < -0.3 is 4.74 Å². The van der Waals surface area contributed by atoms with Crippen LogP contribution >= 0.6 is 22.9 Å². The Hall–Kier alpha value is -1.46. The number of esters is 1. The first kappa shape index (κ1) is 16.9. The lowest BCUT2D eigenvalue weighted by atomic mass is 9.91. The Bertz CT molecular complexity index is 683. The van der Waals surface area contributed by atoms with Crippen LogP contribution in [0.1, 0.15) is 36.3 Å². The number of carbonyl (C=O) groups excluding carboxylic acids is 2. The number of hydrogen-bond acceptors (Lipinski definition) is 5. The Morgan fingerprint density at radius 2 is 2.14 bits per heavy atom.